The largest absolute Gasteiger partial charge is 0.493 e. The molecule has 1 unspecified atom stereocenters. The summed E-state index contributed by atoms with van der Waals surface area (Å²) in [5.74, 6) is 2.61. The van der Waals surface area contributed by atoms with Crippen molar-refractivity contribution in [1.82, 2.24) is 14.5 Å². The van der Waals surface area contributed by atoms with Gasteiger partial charge in [-0.05, 0) is 21.0 Å². The highest BCUT2D eigenvalue weighted by atomic mass is 35.5. The molecule has 0 saturated heterocycles. The van der Waals surface area contributed by atoms with Crippen molar-refractivity contribution in [1.29, 1.82) is 0 Å². The Hall–Kier alpha value is -1.46. The van der Waals surface area contributed by atoms with Gasteiger partial charge in [-0.25, -0.2) is 4.98 Å². The summed E-state index contributed by atoms with van der Waals surface area (Å²) in [7, 11) is 7.38. The zero-order chi connectivity index (χ0) is 15.6. The highest BCUT2D eigenvalue weighted by Crippen LogP contribution is 2.32. The molecule has 5 nitrogen and oxygen atoms in total. The van der Waals surface area contributed by atoms with Gasteiger partial charge in [0.25, 0.3) is 0 Å². The minimum absolute atomic E-state index is 0.373. The van der Waals surface area contributed by atoms with Crippen LogP contribution < -0.4 is 9.47 Å². The molecule has 1 atom stereocenters. The third-order valence-electron chi connectivity index (χ3n) is 3.78. The summed E-state index contributed by atoms with van der Waals surface area (Å²) in [6, 6.07) is 4.22. The molecular weight excluding hydrogens is 290 g/mol. The first-order valence-corrected chi connectivity index (χ1v) is 7.38. The summed E-state index contributed by atoms with van der Waals surface area (Å²) in [5, 5.41) is 0. The Morgan fingerprint density at radius 2 is 1.86 bits per heavy atom. The predicted molar refractivity (Wildman–Crippen MR) is 85.5 cm³/mol. The fourth-order valence-corrected chi connectivity index (χ4v) is 2.44. The number of benzene rings is 1. The number of nitrogens with zero attached hydrogens (tertiary/aromatic N) is 3. The quantitative estimate of drug-likeness (QED) is 0.769. The number of hydrogen-bond donors (Lipinski definition) is 0. The lowest BCUT2D eigenvalue weighted by molar-refractivity contribution is 0.284. The Balaban J connectivity index is 2.56. The second-order valence-electron chi connectivity index (χ2n) is 5.28. The Bertz CT molecular complexity index is 625. The van der Waals surface area contributed by atoms with Crippen molar-refractivity contribution in [3.05, 3.63) is 18.0 Å². The molecular formula is C15H22ClN3O2. The van der Waals surface area contributed by atoms with Crippen molar-refractivity contribution in [2.24, 2.45) is 0 Å². The topological polar surface area (TPSA) is 39.5 Å². The van der Waals surface area contributed by atoms with E-state index in [-0.39, 0.29) is 0 Å². The highest BCUT2D eigenvalue weighted by Gasteiger charge is 2.17. The molecule has 0 aliphatic carbocycles. The van der Waals surface area contributed by atoms with Gasteiger partial charge in [0, 0.05) is 24.7 Å². The van der Waals surface area contributed by atoms with E-state index in [2.05, 4.69) is 35.5 Å². The van der Waals surface area contributed by atoms with Crippen molar-refractivity contribution in [3.63, 3.8) is 0 Å². The molecule has 6 heteroatoms. The van der Waals surface area contributed by atoms with E-state index >= 15 is 0 Å². The number of hydrogen-bond acceptors (Lipinski definition) is 4. The summed E-state index contributed by atoms with van der Waals surface area (Å²) in [6.45, 7) is 2.99. The maximum Gasteiger partial charge on any atom is 0.163 e. The lowest BCUT2D eigenvalue weighted by Crippen LogP contribution is -2.29. The van der Waals surface area contributed by atoms with Gasteiger partial charge >= 0.3 is 0 Å². The second-order valence-corrected chi connectivity index (χ2v) is 5.55. The van der Waals surface area contributed by atoms with Gasteiger partial charge in [-0.1, -0.05) is 0 Å². The molecule has 21 heavy (non-hydrogen) atoms. The first-order valence-electron chi connectivity index (χ1n) is 6.85. The predicted octanol–water partition coefficient (Wildman–Crippen LogP) is 2.74. The van der Waals surface area contributed by atoms with Gasteiger partial charge in [0.15, 0.2) is 11.5 Å². The van der Waals surface area contributed by atoms with Gasteiger partial charge in [-0.2, -0.15) is 0 Å². The summed E-state index contributed by atoms with van der Waals surface area (Å²) in [4.78, 5) is 6.78. The Labute approximate surface area is 130 Å². The molecule has 0 radical (unpaired) electrons. The number of rotatable bonds is 6. The smallest absolute Gasteiger partial charge is 0.163 e. The van der Waals surface area contributed by atoms with Crippen molar-refractivity contribution >= 4 is 22.6 Å². The summed E-state index contributed by atoms with van der Waals surface area (Å²) < 4.78 is 12.9. The van der Waals surface area contributed by atoms with E-state index in [1.807, 2.05) is 12.1 Å². The Kier molecular flexibility index (Phi) is 4.96. The molecule has 1 aromatic heterocycles. The van der Waals surface area contributed by atoms with E-state index < -0.39 is 0 Å². The fraction of sp³-hybridized carbons (Fsp3) is 0.533. The lowest BCUT2D eigenvalue weighted by atomic mass is 10.2. The third-order valence-corrected chi connectivity index (χ3v) is 4.02. The molecule has 0 bridgehead atoms. The van der Waals surface area contributed by atoms with Gasteiger partial charge in [0.1, 0.15) is 5.82 Å². The molecule has 1 aromatic carbocycles. The van der Waals surface area contributed by atoms with Crippen molar-refractivity contribution in [2.45, 2.75) is 25.4 Å². The van der Waals surface area contributed by atoms with Crippen LogP contribution in [0.5, 0.6) is 11.5 Å². The lowest BCUT2D eigenvalue weighted by Gasteiger charge is -2.21. The monoisotopic (exact) mass is 311 g/mol. The van der Waals surface area contributed by atoms with E-state index in [0.29, 0.717) is 23.4 Å². The van der Waals surface area contributed by atoms with E-state index in [1.54, 1.807) is 14.2 Å². The van der Waals surface area contributed by atoms with Crippen LogP contribution in [-0.2, 0) is 12.4 Å². The van der Waals surface area contributed by atoms with E-state index in [9.17, 15) is 0 Å². The van der Waals surface area contributed by atoms with Gasteiger partial charge in [-0.15, -0.1) is 11.6 Å². The third kappa shape index (κ3) is 3.09. The molecule has 0 N–H and O–H groups in total. The van der Waals surface area contributed by atoms with Crippen LogP contribution >= 0.6 is 11.6 Å². The van der Waals surface area contributed by atoms with Crippen LogP contribution in [0.4, 0.5) is 0 Å². The number of ether oxygens (including phenoxy) is 2. The number of alkyl halides is 1. The van der Waals surface area contributed by atoms with E-state index in [1.165, 1.54) is 0 Å². The summed E-state index contributed by atoms with van der Waals surface area (Å²) in [6.07, 6.45) is 0. The zero-order valence-electron chi connectivity index (χ0n) is 13.2. The molecule has 0 spiro atoms. The van der Waals surface area contributed by atoms with Crippen LogP contribution in [0.3, 0.4) is 0 Å². The second kappa shape index (κ2) is 6.54. The van der Waals surface area contributed by atoms with Crippen molar-refractivity contribution < 1.29 is 9.47 Å². The first kappa shape index (κ1) is 15.9. The maximum atomic E-state index is 6.05. The van der Waals surface area contributed by atoms with Crippen LogP contribution in [-0.4, -0.2) is 48.8 Å². The van der Waals surface area contributed by atoms with Gasteiger partial charge in [-0.3, -0.25) is 0 Å². The minimum atomic E-state index is 0.373. The Morgan fingerprint density at radius 1 is 1.24 bits per heavy atom. The molecule has 2 aromatic rings. The fourth-order valence-electron chi connectivity index (χ4n) is 2.23. The maximum absolute atomic E-state index is 6.05. The average Bonchev–Trinajstić information content (AvgIpc) is 2.82. The number of halogens is 1. The number of methoxy groups -OCH3 is 2. The number of aromatic nitrogens is 2. The first-order chi connectivity index (χ1) is 10.0. The minimum Gasteiger partial charge on any atom is -0.493 e. The molecule has 2 rings (SSSR count). The molecule has 0 fully saturated rings. The molecule has 0 saturated carbocycles. The Morgan fingerprint density at radius 3 is 2.38 bits per heavy atom. The van der Waals surface area contributed by atoms with Gasteiger partial charge in [0.05, 0.1) is 31.1 Å². The average molecular weight is 312 g/mol. The van der Waals surface area contributed by atoms with Crippen LogP contribution in [0.15, 0.2) is 12.1 Å². The van der Waals surface area contributed by atoms with E-state index in [4.69, 9.17) is 21.1 Å². The van der Waals surface area contributed by atoms with Crippen molar-refractivity contribution in [3.8, 4) is 11.5 Å². The van der Waals surface area contributed by atoms with Crippen LogP contribution in [0.2, 0.25) is 0 Å². The summed E-state index contributed by atoms with van der Waals surface area (Å²) >= 11 is 6.05. The molecule has 0 aliphatic rings. The number of imidazole rings is 1. The SMILES string of the molecule is COc1cc2nc(CCl)n(CC(C)N(C)C)c2cc1OC. The molecule has 0 amide bonds. The van der Waals surface area contributed by atoms with Crippen LogP contribution in [0.25, 0.3) is 11.0 Å². The normalized spacial score (nSPS) is 12.9. The standard InChI is InChI=1S/C15H22ClN3O2/c1-10(18(2)3)9-19-12-7-14(21-5)13(20-4)6-11(12)17-15(19)8-16/h6-7,10H,8-9H2,1-5H3. The van der Waals surface area contributed by atoms with Gasteiger partial charge < -0.3 is 18.9 Å². The van der Waals surface area contributed by atoms with Crippen LogP contribution in [0.1, 0.15) is 12.7 Å². The molecule has 116 valence electrons. The zero-order valence-corrected chi connectivity index (χ0v) is 13.9. The number of likely N-dealkylation sites (N-methyl/N-ethyl adjacent to an activating group) is 1. The number of fused-ring (bicyclic) bond motifs is 1. The van der Waals surface area contributed by atoms with Crippen molar-refractivity contribution in [2.75, 3.05) is 28.3 Å². The molecule has 1 heterocycles. The van der Waals surface area contributed by atoms with E-state index in [0.717, 1.165) is 23.4 Å². The van der Waals surface area contributed by atoms with Gasteiger partial charge in [0.2, 0.25) is 0 Å². The highest BCUT2D eigenvalue weighted by molar-refractivity contribution is 6.16. The molecule has 0 aliphatic heterocycles. The summed E-state index contributed by atoms with van der Waals surface area (Å²) in [5.41, 5.74) is 1.88. The van der Waals surface area contributed by atoms with Crippen LogP contribution in [0, 0.1) is 0 Å².